The molecule has 0 spiro atoms. The van der Waals surface area contributed by atoms with E-state index in [2.05, 4.69) is 25.1 Å². The van der Waals surface area contributed by atoms with Gasteiger partial charge in [-0.25, -0.2) is 0 Å². The Kier molecular flexibility index (Phi) is 6.93. The number of aliphatic hydroxyl groups is 2. The predicted octanol–water partition coefficient (Wildman–Crippen LogP) is 3.49. The van der Waals surface area contributed by atoms with Crippen LogP contribution in [-0.2, 0) is 6.42 Å². The van der Waals surface area contributed by atoms with Crippen molar-refractivity contribution in [2.45, 2.75) is 58.2 Å². The number of allylic oxidation sites excluding steroid dienone is 2. The summed E-state index contributed by atoms with van der Waals surface area (Å²) in [6.07, 6.45) is 4.91. The Hall–Kier alpha value is -1.32. The number of hydrogen-bond acceptors (Lipinski definition) is 3. The summed E-state index contributed by atoms with van der Waals surface area (Å²) in [5.41, 5.74) is 1.52. The smallest absolute Gasteiger partial charge is 0.118 e. The second kappa shape index (κ2) is 8.20. The highest BCUT2D eigenvalue weighted by molar-refractivity contribution is 5.27. The Bertz CT molecular complexity index is 441. The first-order valence-corrected chi connectivity index (χ1v) is 7.52. The molecule has 0 bridgehead atoms. The zero-order valence-corrected chi connectivity index (χ0v) is 13.6. The van der Waals surface area contributed by atoms with E-state index in [4.69, 9.17) is 4.74 Å². The molecule has 0 amide bonds. The van der Waals surface area contributed by atoms with Crippen molar-refractivity contribution >= 4 is 0 Å². The van der Waals surface area contributed by atoms with Gasteiger partial charge in [-0.15, -0.1) is 0 Å². The Morgan fingerprint density at radius 2 is 1.90 bits per heavy atom. The molecular weight excluding hydrogens is 264 g/mol. The van der Waals surface area contributed by atoms with Crippen LogP contribution in [0.3, 0.4) is 0 Å². The van der Waals surface area contributed by atoms with Crippen LogP contribution in [-0.4, -0.2) is 29.0 Å². The quantitative estimate of drug-likeness (QED) is 0.721. The molecule has 0 saturated heterocycles. The van der Waals surface area contributed by atoms with Crippen molar-refractivity contribution in [3.8, 4) is 5.75 Å². The van der Waals surface area contributed by atoms with Crippen LogP contribution in [0.2, 0.25) is 0 Å². The van der Waals surface area contributed by atoms with Gasteiger partial charge in [-0.2, -0.15) is 0 Å². The van der Waals surface area contributed by atoms with Crippen LogP contribution in [0.1, 0.15) is 45.6 Å². The lowest BCUT2D eigenvalue weighted by molar-refractivity contribution is -0.0509. The largest absolute Gasteiger partial charge is 0.497 e. The van der Waals surface area contributed by atoms with E-state index in [1.165, 1.54) is 11.1 Å². The zero-order valence-electron chi connectivity index (χ0n) is 13.6. The standard InChI is InChI=1S/C18H28O3/c1-14(8-13-17(19)18(2,3)20)6-5-7-15-9-11-16(21-4)12-10-15/h6,9-12,17,19-20H,5,7-8,13H2,1-4H3/t17-/m1/s1. The van der Waals surface area contributed by atoms with Gasteiger partial charge < -0.3 is 14.9 Å². The van der Waals surface area contributed by atoms with Crippen molar-refractivity contribution in [2.24, 2.45) is 0 Å². The molecule has 0 radical (unpaired) electrons. The van der Waals surface area contributed by atoms with Gasteiger partial charge in [0, 0.05) is 0 Å². The Balaban J connectivity index is 2.35. The highest BCUT2D eigenvalue weighted by Crippen LogP contribution is 2.17. The van der Waals surface area contributed by atoms with Crippen molar-refractivity contribution in [1.29, 1.82) is 0 Å². The molecule has 0 unspecified atom stereocenters. The normalized spacial score (nSPS) is 14.1. The van der Waals surface area contributed by atoms with Crippen molar-refractivity contribution in [2.75, 3.05) is 7.11 Å². The lowest BCUT2D eigenvalue weighted by atomic mass is 9.95. The molecule has 1 aromatic carbocycles. The fourth-order valence-corrected chi connectivity index (χ4v) is 2.10. The van der Waals surface area contributed by atoms with E-state index in [1.54, 1.807) is 21.0 Å². The molecule has 0 aliphatic heterocycles. The van der Waals surface area contributed by atoms with Gasteiger partial charge in [0.05, 0.1) is 18.8 Å². The van der Waals surface area contributed by atoms with Gasteiger partial charge in [0.15, 0.2) is 0 Å². The maximum atomic E-state index is 9.80. The number of aryl methyl sites for hydroxylation is 1. The highest BCUT2D eigenvalue weighted by Gasteiger charge is 2.23. The summed E-state index contributed by atoms with van der Waals surface area (Å²) < 4.78 is 5.14. The van der Waals surface area contributed by atoms with E-state index in [0.717, 1.165) is 25.0 Å². The molecule has 0 aromatic heterocycles. The van der Waals surface area contributed by atoms with Gasteiger partial charge in [-0.05, 0) is 64.2 Å². The van der Waals surface area contributed by atoms with E-state index >= 15 is 0 Å². The summed E-state index contributed by atoms with van der Waals surface area (Å²) in [4.78, 5) is 0. The first-order valence-electron chi connectivity index (χ1n) is 7.52. The third kappa shape index (κ3) is 6.78. The molecule has 21 heavy (non-hydrogen) atoms. The van der Waals surface area contributed by atoms with Crippen LogP contribution in [0.15, 0.2) is 35.9 Å². The Morgan fingerprint density at radius 3 is 2.43 bits per heavy atom. The topological polar surface area (TPSA) is 49.7 Å². The number of benzene rings is 1. The molecule has 0 fully saturated rings. The molecule has 0 saturated carbocycles. The maximum absolute atomic E-state index is 9.80. The lowest BCUT2D eigenvalue weighted by Crippen LogP contribution is -2.35. The first kappa shape index (κ1) is 17.7. The fraction of sp³-hybridized carbons (Fsp3) is 0.556. The minimum absolute atomic E-state index is 0.592. The Morgan fingerprint density at radius 1 is 1.29 bits per heavy atom. The number of rotatable bonds is 8. The minimum Gasteiger partial charge on any atom is -0.497 e. The third-order valence-electron chi connectivity index (χ3n) is 3.71. The fourth-order valence-electron chi connectivity index (χ4n) is 2.10. The first-order chi connectivity index (χ1) is 9.82. The van der Waals surface area contributed by atoms with E-state index in [0.29, 0.717) is 6.42 Å². The molecule has 0 heterocycles. The van der Waals surface area contributed by atoms with E-state index in [1.807, 2.05) is 12.1 Å². The molecule has 1 rings (SSSR count). The summed E-state index contributed by atoms with van der Waals surface area (Å²) in [5.74, 6) is 0.881. The van der Waals surface area contributed by atoms with Crippen molar-refractivity contribution < 1.29 is 14.9 Å². The van der Waals surface area contributed by atoms with Crippen molar-refractivity contribution in [3.63, 3.8) is 0 Å². The van der Waals surface area contributed by atoms with Crippen LogP contribution in [0.5, 0.6) is 5.75 Å². The summed E-state index contributed by atoms with van der Waals surface area (Å²) in [5, 5.41) is 19.5. The molecule has 2 N–H and O–H groups in total. The molecule has 3 heteroatoms. The van der Waals surface area contributed by atoms with Crippen molar-refractivity contribution in [3.05, 3.63) is 41.5 Å². The molecule has 1 atom stereocenters. The summed E-state index contributed by atoms with van der Waals surface area (Å²) in [6.45, 7) is 5.35. The summed E-state index contributed by atoms with van der Waals surface area (Å²) in [6, 6.07) is 8.12. The molecule has 0 aliphatic rings. The van der Waals surface area contributed by atoms with Crippen LogP contribution >= 0.6 is 0 Å². The minimum atomic E-state index is -1.02. The monoisotopic (exact) mass is 292 g/mol. The molecular formula is C18H28O3. The van der Waals surface area contributed by atoms with Crippen LogP contribution in [0.25, 0.3) is 0 Å². The van der Waals surface area contributed by atoms with Crippen LogP contribution in [0, 0.1) is 0 Å². The van der Waals surface area contributed by atoms with E-state index in [-0.39, 0.29) is 0 Å². The maximum Gasteiger partial charge on any atom is 0.118 e. The number of methoxy groups -OCH3 is 1. The zero-order chi connectivity index (χ0) is 15.9. The van der Waals surface area contributed by atoms with Gasteiger partial charge in [0.1, 0.15) is 5.75 Å². The van der Waals surface area contributed by atoms with Crippen LogP contribution < -0.4 is 4.74 Å². The van der Waals surface area contributed by atoms with E-state index < -0.39 is 11.7 Å². The van der Waals surface area contributed by atoms with Crippen LogP contribution in [0.4, 0.5) is 0 Å². The number of aliphatic hydroxyl groups excluding tert-OH is 1. The predicted molar refractivity (Wildman–Crippen MR) is 86.6 cm³/mol. The third-order valence-corrected chi connectivity index (χ3v) is 3.71. The second-order valence-electron chi connectivity index (χ2n) is 6.15. The van der Waals surface area contributed by atoms with Gasteiger partial charge in [0.25, 0.3) is 0 Å². The molecule has 118 valence electrons. The van der Waals surface area contributed by atoms with Gasteiger partial charge in [0.2, 0.25) is 0 Å². The van der Waals surface area contributed by atoms with Gasteiger partial charge in [-0.1, -0.05) is 23.8 Å². The second-order valence-corrected chi connectivity index (χ2v) is 6.15. The van der Waals surface area contributed by atoms with Crippen molar-refractivity contribution in [1.82, 2.24) is 0 Å². The molecule has 0 aliphatic carbocycles. The SMILES string of the molecule is COc1ccc(CCC=C(C)CC[C@@H](O)C(C)(C)O)cc1. The molecule has 3 nitrogen and oxygen atoms in total. The highest BCUT2D eigenvalue weighted by atomic mass is 16.5. The van der Waals surface area contributed by atoms with E-state index in [9.17, 15) is 10.2 Å². The lowest BCUT2D eigenvalue weighted by Gasteiger charge is -2.24. The number of hydrogen-bond donors (Lipinski definition) is 2. The summed E-state index contributed by atoms with van der Waals surface area (Å²) in [7, 11) is 1.67. The average molecular weight is 292 g/mol. The van der Waals surface area contributed by atoms with Gasteiger partial charge in [-0.3, -0.25) is 0 Å². The summed E-state index contributed by atoms with van der Waals surface area (Å²) >= 11 is 0. The molecule has 1 aromatic rings. The van der Waals surface area contributed by atoms with Gasteiger partial charge >= 0.3 is 0 Å². The Labute approximate surface area is 128 Å². The number of ether oxygens (including phenoxy) is 1. The average Bonchev–Trinajstić information content (AvgIpc) is 2.44.